The van der Waals surface area contributed by atoms with Crippen LogP contribution in [0, 0.1) is 18.3 Å². The fourth-order valence-corrected chi connectivity index (χ4v) is 8.42. The Balaban J connectivity index is 2.60. The van der Waals surface area contributed by atoms with Crippen molar-refractivity contribution in [1.29, 1.82) is 0 Å². The second-order valence-electron chi connectivity index (χ2n) is 27.2. The van der Waals surface area contributed by atoms with Crippen LogP contribution in [-0.2, 0) is 79.9 Å². The third kappa shape index (κ3) is 30.8. The molecule has 25 heteroatoms. The van der Waals surface area contributed by atoms with Gasteiger partial charge in [-0.3, -0.25) is 52.7 Å². The van der Waals surface area contributed by atoms with Gasteiger partial charge in [0.15, 0.2) is 0 Å². The molecule has 7 amide bonds. The Morgan fingerprint density at radius 2 is 0.977 bits per heavy atom. The van der Waals surface area contributed by atoms with Gasteiger partial charge < -0.3 is 56.2 Å². The van der Waals surface area contributed by atoms with E-state index in [2.05, 4.69) is 31.9 Å². The molecule has 0 aliphatic carbocycles. The number of amides is 7. The minimum Gasteiger partial charge on any atom is -0.488 e. The zero-order valence-electron chi connectivity index (χ0n) is 54.3. The quantitative estimate of drug-likeness (QED) is 0.0259. The number of benzene rings is 2. The number of hydrogen-bond acceptors (Lipinski definition) is 15. The molecule has 0 aliphatic heterocycles. The molecular formula is C63H94F3N7O15. The van der Waals surface area contributed by atoms with E-state index < -0.39 is 180 Å². The van der Waals surface area contributed by atoms with Gasteiger partial charge >= 0.3 is 24.1 Å². The van der Waals surface area contributed by atoms with Gasteiger partial charge in [0, 0.05) is 25.8 Å². The van der Waals surface area contributed by atoms with Crippen molar-refractivity contribution < 1.29 is 84.9 Å². The Morgan fingerprint density at radius 1 is 0.500 bits per heavy atom. The van der Waals surface area contributed by atoms with Crippen LogP contribution in [0.25, 0.3) is 0 Å². The van der Waals surface area contributed by atoms with Gasteiger partial charge in [-0.05, 0) is 143 Å². The third-order valence-electron chi connectivity index (χ3n) is 12.3. The maximum atomic E-state index is 14.8. The highest BCUT2D eigenvalue weighted by Gasteiger charge is 2.42. The van der Waals surface area contributed by atoms with Crippen molar-refractivity contribution in [3.05, 3.63) is 65.2 Å². The van der Waals surface area contributed by atoms with Crippen LogP contribution in [0.15, 0.2) is 48.5 Å². The molecule has 0 aliphatic rings. The molecule has 0 spiro atoms. The average molecular weight is 1250 g/mol. The van der Waals surface area contributed by atoms with Gasteiger partial charge in [-0.25, -0.2) is 0 Å². The highest BCUT2D eigenvalue weighted by atomic mass is 19.4. The Bertz CT molecular complexity index is 2770. The van der Waals surface area contributed by atoms with Gasteiger partial charge in [-0.2, -0.15) is 13.2 Å². The first-order chi connectivity index (χ1) is 40.1. The van der Waals surface area contributed by atoms with Crippen LogP contribution >= 0.6 is 0 Å². The maximum Gasteiger partial charge on any atom is 0.391 e. The van der Waals surface area contributed by atoms with Gasteiger partial charge in [-0.15, -0.1) is 0 Å². The van der Waals surface area contributed by atoms with Crippen molar-refractivity contribution in [2.24, 2.45) is 11.3 Å². The van der Waals surface area contributed by atoms with E-state index in [1.54, 1.807) is 152 Å². The van der Waals surface area contributed by atoms with E-state index >= 15 is 0 Å². The van der Waals surface area contributed by atoms with Crippen LogP contribution in [0.3, 0.4) is 0 Å². The SMILES string of the molecule is Cc1ccccc1C[C@H](NC(=O)[C@H](CCC(=O)OC(C)(C)C)NC(=O)[C@H](CC(=O)OC(C)(C)C)NC(=O)CCC(=O)OC(C)(C)C)C(=O)N[C@H](C(=O)N[C@@H](CC(C)C)C(=O)NC(CC(F)(F)F)C(=O)C(=O)NCc1ccc(OC(C)(C)C)cc1)C(C)(C)C. The summed E-state index contributed by atoms with van der Waals surface area (Å²) in [6.45, 7) is 29.4. The van der Waals surface area contributed by atoms with E-state index in [-0.39, 0.29) is 19.4 Å². The van der Waals surface area contributed by atoms with Crippen molar-refractivity contribution in [3.8, 4) is 5.75 Å². The van der Waals surface area contributed by atoms with Crippen LogP contribution < -0.4 is 42.0 Å². The Kier molecular flexibility index (Phi) is 28.3. The van der Waals surface area contributed by atoms with Crippen molar-refractivity contribution in [1.82, 2.24) is 37.2 Å². The molecule has 0 aromatic heterocycles. The summed E-state index contributed by atoms with van der Waals surface area (Å²) in [5.41, 5.74) is -2.94. The predicted octanol–water partition coefficient (Wildman–Crippen LogP) is 6.53. The summed E-state index contributed by atoms with van der Waals surface area (Å²) >= 11 is 0. The monoisotopic (exact) mass is 1250 g/mol. The summed E-state index contributed by atoms with van der Waals surface area (Å²) in [5, 5.41) is 17.1. The number of esters is 3. The number of ketones is 1. The summed E-state index contributed by atoms with van der Waals surface area (Å²) in [4.78, 5) is 151. The van der Waals surface area contributed by atoms with E-state index in [0.717, 1.165) is 0 Å². The van der Waals surface area contributed by atoms with Crippen LogP contribution in [0.5, 0.6) is 5.75 Å². The molecule has 2 rings (SSSR count). The molecule has 0 bridgehead atoms. The first kappa shape index (κ1) is 76.5. The number of rotatable bonds is 29. The largest absolute Gasteiger partial charge is 0.488 e. The van der Waals surface area contributed by atoms with Crippen LogP contribution in [0.1, 0.15) is 179 Å². The molecule has 6 atom stereocenters. The summed E-state index contributed by atoms with van der Waals surface area (Å²) < 4.78 is 64.2. The Hall–Kier alpha value is -7.60. The second kappa shape index (κ2) is 32.6. The Labute approximate surface area is 515 Å². The Morgan fingerprint density at radius 3 is 1.49 bits per heavy atom. The fourth-order valence-electron chi connectivity index (χ4n) is 8.42. The van der Waals surface area contributed by atoms with Crippen molar-refractivity contribution >= 4 is 65.0 Å². The normalized spacial score (nSPS) is 14.2. The average Bonchev–Trinajstić information content (AvgIpc) is 2.74. The first-order valence-corrected chi connectivity index (χ1v) is 29.3. The molecule has 0 heterocycles. The summed E-state index contributed by atoms with van der Waals surface area (Å²) in [6, 6.07) is 2.55. The standard InChI is InChI=1S/C63H94F3N7O15/c1-36(2)31-42(53(80)72-45(34-63(64,65)66)50(78)56(83)67-35-38-23-25-40(26-24-38)85-59(7,8)9)71-57(84)51(58(4,5)6)73-55(82)43(32-39-22-20-19-21-37(39)3)70-52(79)41(27-29-47(75)86-60(10,11)12)69-54(81)44(33-49(77)88-62(16,17)18)68-46(74)28-30-48(76)87-61(13,14)15/h19-26,36,41-45,51H,27-35H2,1-18H3,(H,67,83)(H,68,74)(H,69,81)(H,70,79)(H,71,84)(H,72,80)(H,73,82)/t41-,42-,43-,44-,45?,51+/m0/s1. The van der Waals surface area contributed by atoms with Crippen molar-refractivity contribution in [2.75, 3.05) is 0 Å². The lowest BCUT2D eigenvalue weighted by Gasteiger charge is -2.34. The van der Waals surface area contributed by atoms with Crippen LogP contribution in [-0.4, -0.2) is 130 Å². The molecule has 22 nitrogen and oxygen atoms in total. The number of Topliss-reactive ketones (excluding diaryl/α,β-unsaturated/α-hetero) is 1. The van der Waals surface area contributed by atoms with Gasteiger partial charge in [-0.1, -0.05) is 71.0 Å². The summed E-state index contributed by atoms with van der Waals surface area (Å²) in [6.07, 6.45) is -10.0. The smallest absolute Gasteiger partial charge is 0.391 e. The van der Waals surface area contributed by atoms with E-state index in [1.807, 2.05) is 26.1 Å². The van der Waals surface area contributed by atoms with Crippen molar-refractivity contribution in [2.45, 2.75) is 247 Å². The third-order valence-corrected chi connectivity index (χ3v) is 12.3. The second-order valence-corrected chi connectivity index (χ2v) is 27.2. The maximum absolute atomic E-state index is 14.8. The van der Waals surface area contributed by atoms with E-state index in [1.165, 1.54) is 0 Å². The summed E-state index contributed by atoms with van der Waals surface area (Å²) in [7, 11) is 0. The van der Waals surface area contributed by atoms with E-state index in [4.69, 9.17) is 18.9 Å². The number of alkyl halides is 3. The number of halogens is 3. The molecular weight excluding hydrogens is 1150 g/mol. The highest BCUT2D eigenvalue weighted by molar-refractivity contribution is 6.38. The minimum absolute atomic E-state index is 0.201. The van der Waals surface area contributed by atoms with E-state index in [0.29, 0.717) is 22.4 Å². The lowest BCUT2D eigenvalue weighted by molar-refractivity contribution is -0.158. The van der Waals surface area contributed by atoms with Crippen LogP contribution in [0.4, 0.5) is 13.2 Å². The lowest BCUT2D eigenvalue weighted by Crippen LogP contribution is -2.62. The number of carbonyl (C=O) groups is 11. The molecule has 492 valence electrons. The molecule has 0 saturated carbocycles. The minimum atomic E-state index is -5.06. The van der Waals surface area contributed by atoms with E-state index in [9.17, 15) is 65.9 Å². The van der Waals surface area contributed by atoms with Gasteiger partial charge in [0.2, 0.25) is 41.2 Å². The molecule has 7 N–H and O–H groups in total. The molecule has 0 saturated heterocycles. The lowest BCUT2D eigenvalue weighted by atomic mass is 9.85. The molecule has 88 heavy (non-hydrogen) atoms. The zero-order valence-corrected chi connectivity index (χ0v) is 54.3. The number of aryl methyl sites for hydroxylation is 1. The highest BCUT2D eigenvalue weighted by Crippen LogP contribution is 2.25. The summed E-state index contributed by atoms with van der Waals surface area (Å²) in [5.74, 6) is -11.6. The van der Waals surface area contributed by atoms with Gasteiger partial charge in [0.25, 0.3) is 5.91 Å². The topological polar surface area (TPSA) is 309 Å². The number of carbonyl (C=O) groups excluding carboxylic acids is 11. The van der Waals surface area contributed by atoms with Gasteiger partial charge in [0.1, 0.15) is 64.4 Å². The predicted molar refractivity (Wildman–Crippen MR) is 320 cm³/mol. The number of ether oxygens (including phenoxy) is 4. The molecule has 2 aromatic carbocycles. The number of hydrogen-bond donors (Lipinski definition) is 7. The fraction of sp³-hybridized carbons (Fsp3) is 0.635. The zero-order chi connectivity index (χ0) is 67.5. The number of nitrogens with one attached hydrogen (secondary N) is 7. The molecule has 0 fully saturated rings. The first-order valence-electron chi connectivity index (χ1n) is 29.3. The van der Waals surface area contributed by atoms with Gasteiger partial charge in [0.05, 0.1) is 19.3 Å². The molecule has 2 aromatic rings. The van der Waals surface area contributed by atoms with Crippen LogP contribution in [0.2, 0.25) is 0 Å². The molecule has 0 radical (unpaired) electrons. The molecule has 1 unspecified atom stereocenters. The van der Waals surface area contributed by atoms with Crippen molar-refractivity contribution in [3.63, 3.8) is 0 Å².